The molecule has 1 aliphatic heterocycles. The molecule has 0 N–H and O–H groups in total. The molecule has 1 aliphatic rings. The van der Waals surface area contributed by atoms with Gasteiger partial charge in [-0.05, 0) is 31.5 Å². The van der Waals surface area contributed by atoms with E-state index < -0.39 is 0 Å². The first-order valence-corrected chi connectivity index (χ1v) is 9.74. The summed E-state index contributed by atoms with van der Waals surface area (Å²) in [7, 11) is 0. The maximum Gasteiger partial charge on any atom is 0.289 e. The van der Waals surface area contributed by atoms with E-state index in [-0.39, 0.29) is 11.8 Å². The lowest BCUT2D eigenvalue weighted by atomic mass is 10.2. The van der Waals surface area contributed by atoms with Crippen molar-refractivity contribution < 1.29 is 14.0 Å². The molecular formula is C22H24N4O3. The summed E-state index contributed by atoms with van der Waals surface area (Å²) in [5.41, 5.74) is 2.60. The SMILES string of the molecule is Cc1ccc(C(=O)N2CCN(C(=O)c3cnn(Cc4ccccc4)c3C)CC2)o1. The molecule has 0 bridgehead atoms. The van der Waals surface area contributed by atoms with E-state index in [4.69, 9.17) is 4.42 Å². The predicted octanol–water partition coefficient (Wildman–Crippen LogP) is 2.74. The van der Waals surface area contributed by atoms with E-state index in [1.165, 1.54) is 0 Å². The molecule has 1 saturated heterocycles. The van der Waals surface area contributed by atoms with E-state index in [0.717, 1.165) is 11.3 Å². The number of hydrogen-bond acceptors (Lipinski definition) is 4. The Morgan fingerprint density at radius 3 is 2.21 bits per heavy atom. The van der Waals surface area contributed by atoms with Gasteiger partial charge in [0.15, 0.2) is 5.76 Å². The molecule has 0 spiro atoms. The van der Waals surface area contributed by atoms with Crippen LogP contribution in [0.5, 0.6) is 0 Å². The van der Waals surface area contributed by atoms with E-state index in [9.17, 15) is 9.59 Å². The van der Waals surface area contributed by atoms with Gasteiger partial charge in [-0.1, -0.05) is 30.3 Å². The van der Waals surface area contributed by atoms with E-state index in [0.29, 0.717) is 49.8 Å². The van der Waals surface area contributed by atoms with Crippen molar-refractivity contribution in [2.75, 3.05) is 26.2 Å². The fraction of sp³-hybridized carbons (Fsp3) is 0.318. The van der Waals surface area contributed by atoms with Gasteiger partial charge in [0.05, 0.1) is 18.3 Å². The highest BCUT2D eigenvalue weighted by molar-refractivity contribution is 5.95. The fourth-order valence-electron chi connectivity index (χ4n) is 3.56. The summed E-state index contributed by atoms with van der Waals surface area (Å²) in [4.78, 5) is 29.0. The standard InChI is InChI=1S/C22H24N4O3/c1-16-8-9-20(29-16)22(28)25-12-10-24(11-13-25)21(27)19-14-23-26(17(19)2)15-18-6-4-3-5-7-18/h3-9,14H,10-13,15H2,1-2H3. The largest absolute Gasteiger partial charge is 0.456 e. The van der Waals surface area contributed by atoms with Gasteiger partial charge in [-0.15, -0.1) is 0 Å². The lowest BCUT2D eigenvalue weighted by Crippen LogP contribution is -2.50. The number of benzene rings is 1. The van der Waals surface area contributed by atoms with Gasteiger partial charge in [-0.3, -0.25) is 14.3 Å². The number of hydrogen-bond donors (Lipinski definition) is 0. The number of carbonyl (C=O) groups is 2. The number of aromatic nitrogens is 2. The van der Waals surface area contributed by atoms with Crippen LogP contribution < -0.4 is 0 Å². The number of nitrogens with zero attached hydrogens (tertiary/aromatic N) is 4. The molecule has 0 saturated carbocycles. The van der Waals surface area contributed by atoms with Crippen LogP contribution in [0.4, 0.5) is 0 Å². The lowest BCUT2D eigenvalue weighted by molar-refractivity contribution is 0.0517. The van der Waals surface area contributed by atoms with Crippen LogP contribution in [-0.4, -0.2) is 57.6 Å². The molecule has 0 aliphatic carbocycles. The van der Waals surface area contributed by atoms with Crippen molar-refractivity contribution in [3.63, 3.8) is 0 Å². The first kappa shape index (κ1) is 19.0. The fourth-order valence-corrected chi connectivity index (χ4v) is 3.56. The number of amides is 2. The van der Waals surface area contributed by atoms with Gasteiger partial charge in [-0.2, -0.15) is 5.10 Å². The molecule has 7 heteroatoms. The van der Waals surface area contributed by atoms with Gasteiger partial charge in [0, 0.05) is 31.9 Å². The van der Waals surface area contributed by atoms with E-state index in [2.05, 4.69) is 5.10 Å². The molecule has 0 atom stereocenters. The Balaban J connectivity index is 1.39. The minimum Gasteiger partial charge on any atom is -0.456 e. The van der Waals surface area contributed by atoms with Crippen molar-refractivity contribution in [3.8, 4) is 0 Å². The van der Waals surface area contributed by atoms with Crippen LogP contribution in [0.3, 0.4) is 0 Å². The molecule has 150 valence electrons. The zero-order valence-electron chi connectivity index (χ0n) is 16.7. The third-order valence-electron chi connectivity index (χ3n) is 5.31. The first-order valence-electron chi connectivity index (χ1n) is 9.74. The average molecular weight is 392 g/mol. The van der Waals surface area contributed by atoms with Crippen molar-refractivity contribution in [1.29, 1.82) is 0 Å². The normalized spacial score (nSPS) is 14.3. The topological polar surface area (TPSA) is 71.6 Å². The molecule has 0 radical (unpaired) electrons. The van der Waals surface area contributed by atoms with Crippen LogP contribution in [0, 0.1) is 13.8 Å². The quantitative estimate of drug-likeness (QED) is 0.684. The Kier molecular flexibility index (Phi) is 5.20. The molecule has 3 aromatic rings. The van der Waals surface area contributed by atoms with E-state index in [1.54, 1.807) is 28.1 Å². The van der Waals surface area contributed by atoms with Gasteiger partial charge in [-0.25, -0.2) is 0 Å². The van der Waals surface area contributed by atoms with E-state index >= 15 is 0 Å². The van der Waals surface area contributed by atoms with Crippen molar-refractivity contribution in [2.24, 2.45) is 0 Å². The Morgan fingerprint density at radius 1 is 0.931 bits per heavy atom. The molecule has 1 fully saturated rings. The lowest BCUT2D eigenvalue weighted by Gasteiger charge is -2.34. The minimum atomic E-state index is -0.128. The third-order valence-corrected chi connectivity index (χ3v) is 5.31. The number of rotatable bonds is 4. The summed E-state index contributed by atoms with van der Waals surface area (Å²) in [5, 5.41) is 4.40. The predicted molar refractivity (Wildman–Crippen MR) is 108 cm³/mol. The van der Waals surface area contributed by atoms with Crippen LogP contribution in [-0.2, 0) is 6.54 Å². The summed E-state index contributed by atoms with van der Waals surface area (Å²) in [6, 6.07) is 13.5. The summed E-state index contributed by atoms with van der Waals surface area (Å²) in [6.45, 7) is 6.32. The van der Waals surface area contributed by atoms with Crippen LogP contribution in [0.2, 0.25) is 0 Å². The Hall–Kier alpha value is -3.35. The van der Waals surface area contributed by atoms with Crippen LogP contribution in [0.15, 0.2) is 53.1 Å². The monoisotopic (exact) mass is 392 g/mol. The maximum atomic E-state index is 13.0. The zero-order chi connectivity index (χ0) is 20.4. The molecule has 2 amide bonds. The molecule has 7 nitrogen and oxygen atoms in total. The molecule has 29 heavy (non-hydrogen) atoms. The Labute approximate surface area is 169 Å². The van der Waals surface area contributed by atoms with Crippen molar-refractivity contribution in [1.82, 2.24) is 19.6 Å². The molecule has 4 rings (SSSR count). The highest BCUT2D eigenvalue weighted by Gasteiger charge is 2.28. The second-order valence-electron chi connectivity index (χ2n) is 7.28. The average Bonchev–Trinajstić information content (AvgIpc) is 3.34. The molecule has 3 heterocycles. The molecule has 2 aromatic heterocycles. The number of furan rings is 1. The van der Waals surface area contributed by atoms with Crippen molar-refractivity contribution >= 4 is 11.8 Å². The van der Waals surface area contributed by atoms with Gasteiger partial charge >= 0.3 is 0 Å². The van der Waals surface area contributed by atoms with Crippen LogP contribution in [0.1, 0.15) is 37.9 Å². The summed E-state index contributed by atoms with van der Waals surface area (Å²) in [6.07, 6.45) is 1.64. The van der Waals surface area contributed by atoms with Crippen LogP contribution in [0.25, 0.3) is 0 Å². The zero-order valence-corrected chi connectivity index (χ0v) is 16.7. The Morgan fingerprint density at radius 2 is 1.59 bits per heavy atom. The highest BCUT2D eigenvalue weighted by atomic mass is 16.3. The third kappa shape index (κ3) is 3.94. The summed E-state index contributed by atoms with van der Waals surface area (Å²) >= 11 is 0. The smallest absolute Gasteiger partial charge is 0.289 e. The maximum absolute atomic E-state index is 13.0. The second kappa shape index (κ2) is 7.95. The second-order valence-corrected chi connectivity index (χ2v) is 7.28. The summed E-state index contributed by atoms with van der Waals surface area (Å²) in [5.74, 6) is 0.894. The van der Waals surface area contributed by atoms with Crippen LogP contribution >= 0.6 is 0 Å². The number of piperazine rings is 1. The van der Waals surface area contributed by atoms with Gasteiger partial charge in [0.1, 0.15) is 5.76 Å². The minimum absolute atomic E-state index is 0.0391. The summed E-state index contributed by atoms with van der Waals surface area (Å²) < 4.78 is 7.28. The van der Waals surface area contributed by atoms with Gasteiger partial charge in [0.25, 0.3) is 11.8 Å². The van der Waals surface area contributed by atoms with Gasteiger partial charge < -0.3 is 14.2 Å². The van der Waals surface area contributed by atoms with Gasteiger partial charge in [0.2, 0.25) is 0 Å². The molecule has 0 unspecified atom stereocenters. The Bertz CT molecular complexity index is 1010. The number of carbonyl (C=O) groups excluding carboxylic acids is 2. The van der Waals surface area contributed by atoms with Crippen molar-refractivity contribution in [2.45, 2.75) is 20.4 Å². The van der Waals surface area contributed by atoms with E-state index in [1.807, 2.05) is 48.9 Å². The first-order chi connectivity index (χ1) is 14.0. The highest BCUT2D eigenvalue weighted by Crippen LogP contribution is 2.16. The molecular weight excluding hydrogens is 368 g/mol. The molecule has 1 aromatic carbocycles. The van der Waals surface area contributed by atoms with Crippen molar-refractivity contribution in [3.05, 3.63) is 77.0 Å². The number of aryl methyl sites for hydroxylation is 1.